The van der Waals surface area contributed by atoms with E-state index in [1.807, 2.05) is 31.2 Å². The topological polar surface area (TPSA) is 55.1 Å². The molecule has 1 saturated carbocycles. The molecule has 2 rings (SSSR count). The molecule has 20 heavy (non-hydrogen) atoms. The zero-order valence-corrected chi connectivity index (χ0v) is 12.7. The monoisotopic (exact) mass is 294 g/mol. The molecular weight excluding hydrogens is 272 g/mol. The molecule has 2 atom stereocenters. The van der Waals surface area contributed by atoms with Gasteiger partial charge in [0.1, 0.15) is 0 Å². The summed E-state index contributed by atoms with van der Waals surface area (Å²) in [5.74, 6) is 0.643. The van der Waals surface area contributed by atoms with Crippen LogP contribution in [0.25, 0.3) is 0 Å². The molecule has 110 valence electrons. The van der Waals surface area contributed by atoms with Crippen molar-refractivity contribution < 1.29 is 4.79 Å². The third-order valence-corrected chi connectivity index (χ3v) is 4.25. The van der Waals surface area contributed by atoms with Crippen LogP contribution < -0.4 is 11.1 Å². The van der Waals surface area contributed by atoms with Crippen LogP contribution in [0.5, 0.6) is 0 Å². The molecule has 0 aliphatic heterocycles. The predicted molar refractivity (Wildman–Crippen MR) is 82.6 cm³/mol. The molecule has 1 aromatic rings. The highest BCUT2D eigenvalue weighted by Crippen LogP contribution is 2.38. The van der Waals surface area contributed by atoms with E-state index in [-0.39, 0.29) is 18.0 Å². The number of hydrogen-bond acceptors (Lipinski definition) is 2. The first-order valence-corrected chi connectivity index (χ1v) is 7.74. The highest BCUT2D eigenvalue weighted by atomic mass is 35.5. The van der Waals surface area contributed by atoms with Gasteiger partial charge in [-0.05, 0) is 49.8 Å². The Bertz CT molecular complexity index is 440. The SMILES string of the molecule is CC(N)CCC(=O)NC(c1ccc(Cl)cc1)C1CCC1. The lowest BCUT2D eigenvalue weighted by molar-refractivity contribution is -0.122. The maximum absolute atomic E-state index is 12.0. The number of carbonyl (C=O) groups is 1. The zero-order chi connectivity index (χ0) is 14.5. The van der Waals surface area contributed by atoms with E-state index in [9.17, 15) is 4.79 Å². The normalized spacial score (nSPS) is 18.1. The fraction of sp³-hybridized carbons (Fsp3) is 0.562. The van der Waals surface area contributed by atoms with Gasteiger partial charge in [-0.25, -0.2) is 0 Å². The van der Waals surface area contributed by atoms with Crippen molar-refractivity contribution in [3.05, 3.63) is 34.9 Å². The predicted octanol–water partition coefficient (Wildman–Crippen LogP) is 3.42. The minimum absolute atomic E-state index is 0.0680. The molecule has 0 aromatic heterocycles. The second kappa shape index (κ2) is 7.09. The van der Waals surface area contributed by atoms with E-state index in [2.05, 4.69) is 5.32 Å². The summed E-state index contributed by atoms with van der Waals surface area (Å²) >= 11 is 5.93. The van der Waals surface area contributed by atoms with Gasteiger partial charge in [0.05, 0.1) is 6.04 Å². The van der Waals surface area contributed by atoms with Crippen molar-refractivity contribution in [3.63, 3.8) is 0 Å². The second-order valence-electron chi connectivity index (χ2n) is 5.80. The summed E-state index contributed by atoms with van der Waals surface area (Å²) in [5, 5.41) is 3.90. The minimum Gasteiger partial charge on any atom is -0.349 e. The molecule has 3 N–H and O–H groups in total. The third-order valence-electron chi connectivity index (χ3n) is 3.99. The number of halogens is 1. The van der Waals surface area contributed by atoms with Crippen molar-refractivity contribution in [3.8, 4) is 0 Å². The molecule has 2 unspecified atom stereocenters. The first-order valence-electron chi connectivity index (χ1n) is 7.36. The Labute approximate surface area is 125 Å². The van der Waals surface area contributed by atoms with E-state index < -0.39 is 0 Å². The van der Waals surface area contributed by atoms with Gasteiger partial charge in [-0.2, -0.15) is 0 Å². The summed E-state index contributed by atoms with van der Waals surface area (Å²) in [6.07, 6.45) is 4.84. The smallest absolute Gasteiger partial charge is 0.220 e. The molecular formula is C16H23ClN2O. The van der Waals surface area contributed by atoms with Crippen LogP contribution in [0.3, 0.4) is 0 Å². The fourth-order valence-corrected chi connectivity index (χ4v) is 2.65. The van der Waals surface area contributed by atoms with E-state index in [1.54, 1.807) is 0 Å². The standard InChI is InChI=1S/C16H23ClN2O/c1-11(18)5-10-15(20)19-16(12-3-2-4-12)13-6-8-14(17)9-7-13/h6-9,11-12,16H,2-5,10,18H2,1H3,(H,19,20). The molecule has 4 heteroatoms. The van der Waals surface area contributed by atoms with Crippen molar-refractivity contribution in [1.29, 1.82) is 0 Å². The molecule has 1 aliphatic rings. The molecule has 0 saturated heterocycles. The van der Waals surface area contributed by atoms with Crippen LogP contribution in [0.1, 0.15) is 50.6 Å². The summed E-state index contributed by atoms with van der Waals surface area (Å²) in [4.78, 5) is 12.0. The fourth-order valence-electron chi connectivity index (χ4n) is 2.52. The van der Waals surface area contributed by atoms with Crippen molar-refractivity contribution in [2.45, 2.75) is 51.1 Å². The van der Waals surface area contributed by atoms with Crippen molar-refractivity contribution in [2.75, 3.05) is 0 Å². The van der Waals surface area contributed by atoms with Gasteiger partial charge in [-0.15, -0.1) is 0 Å². The molecule has 1 amide bonds. The Morgan fingerprint density at radius 1 is 1.40 bits per heavy atom. The van der Waals surface area contributed by atoms with Gasteiger partial charge in [0.2, 0.25) is 5.91 Å². The minimum atomic E-state index is 0.0680. The van der Waals surface area contributed by atoms with Gasteiger partial charge >= 0.3 is 0 Å². The number of rotatable bonds is 6. The largest absolute Gasteiger partial charge is 0.349 e. The van der Waals surface area contributed by atoms with Crippen molar-refractivity contribution in [1.82, 2.24) is 5.32 Å². The van der Waals surface area contributed by atoms with Gasteiger partial charge in [0.25, 0.3) is 0 Å². The van der Waals surface area contributed by atoms with Crippen LogP contribution in [-0.4, -0.2) is 11.9 Å². The summed E-state index contributed by atoms with van der Waals surface area (Å²) in [6.45, 7) is 1.93. The maximum Gasteiger partial charge on any atom is 0.220 e. The zero-order valence-electron chi connectivity index (χ0n) is 11.9. The first-order chi connectivity index (χ1) is 9.56. The summed E-state index contributed by atoms with van der Waals surface area (Å²) in [6, 6.07) is 7.97. The number of nitrogens with two attached hydrogens (primary N) is 1. The number of carbonyl (C=O) groups excluding carboxylic acids is 1. The Kier molecular flexibility index (Phi) is 5.44. The summed E-state index contributed by atoms with van der Waals surface area (Å²) in [5.41, 5.74) is 6.85. The molecule has 0 heterocycles. The van der Waals surface area contributed by atoms with Gasteiger partial charge in [-0.3, -0.25) is 4.79 Å². The van der Waals surface area contributed by atoms with E-state index in [0.717, 1.165) is 17.0 Å². The highest BCUT2D eigenvalue weighted by molar-refractivity contribution is 6.30. The quantitative estimate of drug-likeness (QED) is 0.844. The van der Waals surface area contributed by atoms with Crippen LogP contribution in [0.15, 0.2) is 24.3 Å². The molecule has 0 radical (unpaired) electrons. The number of benzene rings is 1. The number of nitrogens with one attached hydrogen (secondary N) is 1. The molecule has 3 nitrogen and oxygen atoms in total. The van der Waals surface area contributed by atoms with Gasteiger partial charge in [0.15, 0.2) is 0 Å². The lowest BCUT2D eigenvalue weighted by Gasteiger charge is -2.34. The van der Waals surface area contributed by atoms with Gasteiger partial charge < -0.3 is 11.1 Å². The average Bonchev–Trinajstić information content (AvgIpc) is 2.34. The van der Waals surface area contributed by atoms with Crippen molar-refractivity contribution >= 4 is 17.5 Å². The summed E-state index contributed by atoms with van der Waals surface area (Å²) in [7, 11) is 0. The Morgan fingerprint density at radius 3 is 2.55 bits per heavy atom. The maximum atomic E-state index is 12.0. The van der Waals surface area contributed by atoms with Crippen LogP contribution in [0, 0.1) is 5.92 Å². The van der Waals surface area contributed by atoms with E-state index >= 15 is 0 Å². The lowest BCUT2D eigenvalue weighted by atomic mass is 9.77. The number of hydrogen-bond donors (Lipinski definition) is 2. The van der Waals surface area contributed by atoms with Crippen LogP contribution in [-0.2, 0) is 4.79 Å². The van der Waals surface area contributed by atoms with Crippen LogP contribution in [0.4, 0.5) is 0 Å². The average molecular weight is 295 g/mol. The lowest BCUT2D eigenvalue weighted by Crippen LogP contribution is -2.36. The van der Waals surface area contributed by atoms with Gasteiger partial charge in [0, 0.05) is 17.5 Å². The Hall–Kier alpha value is -1.06. The highest BCUT2D eigenvalue weighted by Gasteiger charge is 2.29. The van der Waals surface area contributed by atoms with E-state index in [1.165, 1.54) is 19.3 Å². The molecule has 1 aliphatic carbocycles. The summed E-state index contributed by atoms with van der Waals surface area (Å²) < 4.78 is 0. The second-order valence-corrected chi connectivity index (χ2v) is 6.24. The van der Waals surface area contributed by atoms with Crippen molar-refractivity contribution in [2.24, 2.45) is 11.7 Å². The molecule has 0 spiro atoms. The number of amides is 1. The molecule has 0 bridgehead atoms. The molecule has 1 fully saturated rings. The van der Waals surface area contributed by atoms with E-state index in [4.69, 9.17) is 17.3 Å². The molecule has 1 aromatic carbocycles. The Morgan fingerprint density at radius 2 is 2.05 bits per heavy atom. The Balaban J connectivity index is 2.00. The van der Waals surface area contributed by atoms with Crippen LogP contribution in [0.2, 0.25) is 5.02 Å². The van der Waals surface area contributed by atoms with Gasteiger partial charge in [-0.1, -0.05) is 30.2 Å². The first kappa shape index (κ1) is 15.3. The van der Waals surface area contributed by atoms with Crippen LogP contribution >= 0.6 is 11.6 Å². The van der Waals surface area contributed by atoms with E-state index in [0.29, 0.717) is 12.3 Å². The third kappa shape index (κ3) is 4.22.